The van der Waals surface area contributed by atoms with Crippen LogP contribution >= 0.6 is 0 Å². The lowest BCUT2D eigenvalue weighted by Crippen LogP contribution is -2.60. The van der Waals surface area contributed by atoms with Gasteiger partial charge in [-0.05, 0) is 55.1 Å². The van der Waals surface area contributed by atoms with Gasteiger partial charge in [0, 0.05) is 18.3 Å². The molecule has 2 aromatic rings. The Hall–Kier alpha value is -2.96. The molecule has 1 saturated heterocycles. The van der Waals surface area contributed by atoms with Crippen molar-refractivity contribution >= 4 is 11.9 Å². The Kier molecular flexibility index (Phi) is 6.03. The zero-order valence-corrected chi connectivity index (χ0v) is 23.3. The minimum absolute atomic E-state index is 0.0632. The molecule has 4 aliphatic carbocycles. The van der Waals surface area contributed by atoms with E-state index in [4.69, 9.17) is 18.9 Å². The number of esters is 2. The Morgan fingerprint density at radius 3 is 2.27 bits per heavy atom. The van der Waals surface area contributed by atoms with Gasteiger partial charge < -0.3 is 18.9 Å². The molecule has 0 unspecified atom stereocenters. The number of hydrogen-bond acceptors (Lipinski definition) is 6. The molecule has 1 spiro atoms. The van der Waals surface area contributed by atoms with Gasteiger partial charge in [0.2, 0.25) is 0 Å². The van der Waals surface area contributed by atoms with Gasteiger partial charge in [0.1, 0.15) is 17.1 Å². The molecule has 2 aromatic carbocycles. The average Bonchev–Trinajstić information content (AvgIpc) is 3.43. The number of carbonyl (C=O) groups is 2. The summed E-state index contributed by atoms with van der Waals surface area (Å²) in [4.78, 5) is 27.9. The number of hydrogen-bond donors (Lipinski definition) is 0. The van der Waals surface area contributed by atoms with E-state index in [1.54, 1.807) is 0 Å². The van der Waals surface area contributed by atoms with Crippen molar-refractivity contribution in [2.24, 2.45) is 34.5 Å². The highest BCUT2D eigenvalue weighted by molar-refractivity contribution is 5.86. The molecule has 9 atom stereocenters. The third kappa shape index (κ3) is 3.48. The molecule has 4 saturated carbocycles. The summed E-state index contributed by atoms with van der Waals surface area (Å²) in [6.45, 7) is 7.14. The van der Waals surface area contributed by atoms with E-state index in [2.05, 4.69) is 6.58 Å². The molecule has 5 fully saturated rings. The van der Waals surface area contributed by atoms with Crippen molar-refractivity contribution < 1.29 is 28.5 Å². The molecule has 1 aliphatic heterocycles. The zero-order valence-electron chi connectivity index (χ0n) is 23.3. The number of rotatable bonds is 7. The zero-order chi connectivity index (χ0) is 27.7. The van der Waals surface area contributed by atoms with Crippen molar-refractivity contribution in [3.8, 4) is 0 Å². The van der Waals surface area contributed by atoms with E-state index >= 15 is 0 Å². The number of ether oxygens (including phenoxy) is 4. The van der Waals surface area contributed by atoms with Gasteiger partial charge in [-0.3, -0.25) is 9.59 Å². The average molecular weight is 543 g/mol. The van der Waals surface area contributed by atoms with Crippen LogP contribution in [0.5, 0.6) is 0 Å². The second-order valence-electron chi connectivity index (χ2n) is 13.0. The lowest BCUT2D eigenvalue weighted by atomic mass is 9.58. The summed E-state index contributed by atoms with van der Waals surface area (Å²) in [6, 6.07) is 20.1. The SMILES string of the molecule is C=C1C[C@]23C[C@H]1CC[C@H]2[C@@]12C[C@@H](OCc4ccccc4)[C@H](OCc4ccccc4)[C@@](C)(C(=O)O1)[C@H]2[C@@H]3C(=O)OC. The predicted molar refractivity (Wildman–Crippen MR) is 148 cm³/mol. The lowest BCUT2D eigenvalue weighted by Gasteiger charge is -2.49. The van der Waals surface area contributed by atoms with Crippen LogP contribution in [0.1, 0.15) is 50.2 Å². The van der Waals surface area contributed by atoms with Gasteiger partial charge in [-0.2, -0.15) is 0 Å². The van der Waals surface area contributed by atoms with Gasteiger partial charge in [0.25, 0.3) is 0 Å². The van der Waals surface area contributed by atoms with Crippen molar-refractivity contribution in [2.75, 3.05) is 7.11 Å². The molecule has 6 nitrogen and oxygen atoms in total. The van der Waals surface area contributed by atoms with E-state index < -0.39 is 23.0 Å². The van der Waals surface area contributed by atoms with E-state index in [0.717, 1.165) is 36.8 Å². The van der Waals surface area contributed by atoms with Crippen LogP contribution < -0.4 is 0 Å². The van der Waals surface area contributed by atoms with Crippen LogP contribution in [0.25, 0.3) is 0 Å². The number of carbonyl (C=O) groups excluding carboxylic acids is 2. The molecule has 0 aromatic heterocycles. The number of allylic oxidation sites excluding steroid dienone is 1. The Balaban J connectivity index is 1.32. The Morgan fingerprint density at radius 2 is 1.62 bits per heavy atom. The fourth-order valence-electron chi connectivity index (χ4n) is 9.76. The van der Waals surface area contributed by atoms with E-state index in [1.807, 2.05) is 67.6 Å². The highest BCUT2D eigenvalue weighted by atomic mass is 16.6. The van der Waals surface area contributed by atoms with Crippen molar-refractivity contribution in [3.05, 3.63) is 83.9 Å². The molecule has 40 heavy (non-hydrogen) atoms. The number of methoxy groups -OCH3 is 1. The first-order valence-electron chi connectivity index (χ1n) is 14.6. The Labute approximate surface area is 236 Å². The molecular formula is C34H38O6. The van der Waals surface area contributed by atoms with E-state index in [9.17, 15) is 9.59 Å². The first kappa shape index (κ1) is 26.0. The summed E-state index contributed by atoms with van der Waals surface area (Å²) in [5, 5.41) is 0. The van der Waals surface area contributed by atoms with E-state index in [-0.39, 0.29) is 35.3 Å². The van der Waals surface area contributed by atoms with Crippen LogP contribution in [-0.2, 0) is 41.8 Å². The van der Waals surface area contributed by atoms with Gasteiger partial charge in [-0.15, -0.1) is 0 Å². The van der Waals surface area contributed by atoms with Gasteiger partial charge >= 0.3 is 11.9 Å². The number of benzene rings is 2. The molecule has 210 valence electrons. The molecule has 6 heteroatoms. The Bertz CT molecular complexity index is 1320. The van der Waals surface area contributed by atoms with Crippen LogP contribution in [-0.4, -0.2) is 36.9 Å². The summed E-state index contributed by atoms with van der Waals surface area (Å²) in [5.74, 6) is -0.817. The van der Waals surface area contributed by atoms with Gasteiger partial charge in [-0.25, -0.2) is 0 Å². The van der Waals surface area contributed by atoms with Gasteiger partial charge in [0.05, 0.1) is 32.3 Å². The third-order valence-corrected chi connectivity index (χ3v) is 11.2. The van der Waals surface area contributed by atoms with Crippen molar-refractivity contribution in [1.29, 1.82) is 0 Å². The largest absolute Gasteiger partial charge is 0.469 e. The van der Waals surface area contributed by atoms with Crippen molar-refractivity contribution in [3.63, 3.8) is 0 Å². The molecule has 5 aliphatic rings. The third-order valence-electron chi connectivity index (χ3n) is 11.2. The molecule has 1 heterocycles. The van der Waals surface area contributed by atoms with Crippen LogP contribution in [0, 0.1) is 34.5 Å². The van der Waals surface area contributed by atoms with Crippen LogP contribution in [0.15, 0.2) is 72.8 Å². The maximum atomic E-state index is 14.1. The normalized spacial score (nSPS) is 40.9. The molecule has 0 N–H and O–H groups in total. The number of fused-ring (bicyclic) bond motifs is 1. The maximum Gasteiger partial charge on any atom is 0.315 e. The van der Waals surface area contributed by atoms with Crippen LogP contribution in [0.2, 0.25) is 0 Å². The maximum absolute atomic E-state index is 14.1. The second kappa shape index (κ2) is 9.28. The van der Waals surface area contributed by atoms with Gasteiger partial charge in [-0.1, -0.05) is 72.8 Å². The Morgan fingerprint density at radius 1 is 0.975 bits per heavy atom. The fourth-order valence-corrected chi connectivity index (χ4v) is 9.76. The minimum Gasteiger partial charge on any atom is -0.469 e. The quantitative estimate of drug-likeness (QED) is 0.333. The molecular weight excluding hydrogens is 504 g/mol. The lowest BCUT2D eigenvalue weighted by molar-refractivity contribution is -0.192. The highest BCUT2D eigenvalue weighted by Gasteiger charge is 2.85. The first-order valence-corrected chi connectivity index (χ1v) is 14.6. The minimum atomic E-state index is -1.06. The topological polar surface area (TPSA) is 71.1 Å². The van der Waals surface area contributed by atoms with Crippen LogP contribution in [0.3, 0.4) is 0 Å². The molecule has 0 amide bonds. The summed E-state index contributed by atoms with van der Waals surface area (Å²) < 4.78 is 25.5. The summed E-state index contributed by atoms with van der Waals surface area (Å²) in [6.07, 6.45) is 3.21. The smallest absolute Gasteiger partial charge is 0.315 e. The molecule has 0 radical (unpaired) electrons. The standard InChI is InChI=1S/C34H38O6/c1-21-16-33-17-24(21)14-15-26(33)34-18-25(38-19-22-10-6-4-7-11-22)29(39-20-23-12-8-5-9-13-23)32(2,31(36)40-34)28(34)27(33)30(35)37-3/h4-13,24-29H,1,14-20H2,2-3H3/t24-,25-,26-,27-,28-,29+,32+,33+,34-/m1/s1. The van der Waals surface area contributed by atoms with E-state index in [0.29, 0.717) is 25.6 Å². The van der Waals surface area contributed by atoms with Crippen molar-refractivity contribution in [1.82, 2.24) is 0 Å². The van der Waals surface area contributed by atoms with Gasteiger partial charge in [0.15, 0.2) is 0 Å². The van der Waals surface area contributed by atoms with E-state index in [1.165, 1.54) is 12.7 Å². The van der Waals surface area contributed by atoms with Crippen molar-refractivity contribution in [2.45, 2.75) is 70.1 Å². The first-order chi connectivity index (χ1) is 19.3. The summed E-state index contributed by atoms with van der Waals surface area (Å²) in [5.41, 5.74) is 1.17. The summed E-state index contributed by atoms with van der Waals surface area (Å²) in [7, 11) is 1.47. The monoisotopic (exact) mass is 542 g/mol. The molecule has 4 bridgehead atoms. The molecule has 7 rings (SSSR count). The highest BCUT2D eigenvalue weighted by Crippen LogP contribution is 2.78. The summed E-state index contributed by atoms with van der Waals surface area (Å²) >= 11 is 0. The predicted octanol–water partition coefficient (Wildman–Crippen LogP) is 5.64. The second-order valence-corrected chi connectivity index (χ2v) is 13.0. The van der Waals surface area contributed by atoms with Crippen LogP contribution in [0.4, 0.5) is 0 Å². The fraction of sp³-hybridized carbons (Fsp3) is 0.529.